The van der Waals surface area contributed by atoms with Crippen LogP contribution in [0.2, 0.25) is 0 Å². The zero-order chi connectivity index (χ0) is 18.8. The molecular formula is C18H16N6O3. The fourth-order valence-electron chi connectivity index (χ4n) is 2.73. The molecule has 0 radical (unpaired) electrons. The average molecular weight is 364 g/mol. The first kappa shape index (κ1) is 16.7. The minimum Gasteiger partial charge on any atom is -0.339 e. The normalized spacial score (nSPS) is 11.0. The average Bonchev–Trinajstić information content (AvgIpc) is 3.24. The third-order valence-corrected chi connectivity index (χ3v) is 4.01. The second-order valence-corrected chi connectivity index (χ2v) is 5.92. The maximum Gasteiger partial charge on any atom is 0.350 e. The maximum atomic E-state index is 12.4. The molecule has 0 saturated heterocycles. The summed E-state index contributed by atoms with van der Waals surface area (Å²) in [6, 6.07) is 12.5. The summed E-state index contributed by atoms with van der Waals surface area (Å²) in [5.41, 5.74) is 1.50. The van der Waals surface area contributed by atoms with Crippen molar-refractivity contribution in [3.05, 3.63) is 65.0 Å². The van der Waals surface area contributed by atoms with E-state index in [0.29, 0.717) is 28.6 Å². The molecule has 0 aliphatic carbocycles. The van der Waals surface area contributed by atoms with E-state index in [2.05, 4.69) is 20.6 Å². The van der Waals surface area contributed by atoms with Crippen LogP contribution in [0.15, 0.2) is 58.0 Å². The van der Waals surface area contributed by atoms with Crippen molar-refractivity contribution in [2.75, 3.05) is 5.32 Å². The fraction of sp³-hybridized carbons (Fsp3) is 0.167. The molecule has 0 spiro atoms. The fourth-order valence-corrected chi connectivity index (χ4v) is 2.73. The number of hydrogen-bond acceptors (Lipinski definition) is 6. The zero-order valence-corrected chi connectivity index (χ0v) is 14.5. The molecule has 4 aromatic rings. The predicted octanol–water partition coefficient (Wildman–Crippen LogP) is 1.88. The molecule has 1 amide bonds. The Morgan fingerprint density at radius 1 is 1.19 bits per heavy atom. The van der Waals surface area contributed by atoms with Crippen LogP contribution in [0.25, 0.3) is 17.0 Å². The van der Waals surface area contributed by atoms with Crippen molar-refractivity contribution in [3.63, 3.8) is 0 Å². The van der Waals surface area contributed by atoms with Gasteiger partial charge in [0.25, 0.3) is 0 Å². The number of nitrogens with zero attached hydrogens (tertiary/aromatic N) is 5. The number of anilines is 1. The van der Waals surface area contributed by atoms with Crippen molar-refractivity contribution in [3.8, 4) is 11.4 Å². The first-order chi connectivity index (χ1) is 13.1. The van der Waals surface area contributed by atoms with E-state index in [0.717, 1.165) is 0 Å². The molecule has 0 atom stereocenters. The lowest BCUT2D eigenvalue weighted by Gasteiger charge is -2.08. The molecule has 0 aliphatic rings. The van der Waals surface area contributed by atoms with Crippen LogP contribution in [-0.2, 0) is 11.3 Å². The molecular weight excluding hydrogens is 348 g/mol. The van der Waals surface area contributed by atoms with E-state index in [1.54, 1.807) is 49.5 Å². The summed E-state index contributed by atoms with van der Waals surface area (Å²) in [5, 5.41) is 10.9. The van der Waals surface area contributed by atoms with E-state index in [4.69, 9.17) is 4.52 Å². The quantitative estimate of drug-likeness (QED) is 0.579. The van der Waals surface area contributed by atoms with Gasteiger partial charge in [0.15, 0.2) is 5.65 Å². The summed E-state index contributed by atoms with van der Waals surface area (Å²) in [7, 11) is 0. The standard InChI is InChI=1S/C18H16N6O3/c1-12-19-17(22-27-12)13-6-2-3-7-14(13)20-16(25)9-11-24-18(26)23-10-5-4-8-15(23)21-24/h2-8,10H,9,11H2,1H3,(H,20,25). The van der Waals surface area contributed by atoms with Gasteiger partial charge in [-0.3, -0.25) is 9.20 Å². The van der Waals surface area contributed by atoms with Crippen molar-refractivity contribution >= 4 is 17.2 Å². The molecule has 3 aromatic heterocycles. The monoisotopic (exact) mass is 364 g/mol. The number of aromatic nitrogens is 5. The van der Waals surface area contributed by atoms with Crippen molar-refractivity contribution in [1.82, 2.24) is 24.3 Å². The van der Waals surface area contributed by atoms with Crippen LogP contribution < -0.4 is 11.0 Å². The first-order valence-electron chi connectivity index (χ1n) is 8.35. The molecule has 27 heavy (non-hydrogen) atoms. The second-order valence-electron chi connectivity index (χ2n) is 5.92. The number of carbonyl (C=O) groups is 1. The highest BCUT2D eigenvalue weighted by Gasteiger charge is 2.13. The van der Waals surface area contributed by atoms with E-state index in [-0.39, 0.29) is 24.6 Å². The molecule has 136 valence electrons. The highest BCUT2D eigenvalue weighted by molar-refractivity contribution is 5.94. The molecule has 0 aliphatic heterocycles. The van der Waals surface area contributed by atoms with Gasteiger partial charge in [0.05, 0.1) is 12.2 Å². The molecule has 4 rings (SSSR count). The van der Waals surface area contributed by atoms with Gasteiger partial charge in [-0.25, -0.2) is 9.48 Å². The van der Waals surface area contributed by atoms with Gasteiger partial charge < -0.3 is 9.84 Å². The summed E-state index contributed by atoms with van der Waals surface area (Å²) >= 11 is 0. The third kappa shape index (κ3) is 3.34. The van der Waals surface area contributed by atoms with Crippen molar-refractivity contribution in [1.29, 1.82) is 0 Å². The smallest absolute Gasteiger partial charge is 0.339 e. The number of para-hydroxylation sites is 1. The molecule has 0 unspecified atom stereocenters. The summed E-state index contributed by atoms with van der Waals surface area (Å²) in [6.07, 6.45) is 1.74. The molecule has 1 aromatic carbocycles. The predicted molar refractivity (Wildman–Crippen MR) is 97.2 cm³/mol. The molecule has 0 saturated carbocycles. The van der Waals surface area contributed by atoms with Gasteiger partial charge in [-0.05, 0) is 24.3 Å². The van der Waals surface area contributed by atoms with Gasteiger partial charge in [-0.2, -0.15) is 4.98 Å². The maximum absolute atomic E-state index is 12.4. The van der Waals surface area contributed by atoms with E-state index >= 15 is 0 Å². The summed E-state index contributed by atoms with van der Waals surface area (Å²) in [5.74, 6) is 0.601. The number of benzene rings is 1. The Kier molecular flexibility index (Phi) is 4.25. The highest BCUT2D eigenvalue weighted by atomic mass is 16.5. The Morgan fingerprint density at radius 3 is 2.78 bits per heavy atom. The minimum atomic E-state index is -0.277. The van der Waals surface area contributed by atoms with Crippen molar-refractivity contribution in [2.45, 2.75) is 19.9 Å². The number of pyridine rings is 1. The Bertz CT molecular complexity index is 1170. The van der Waals surface area contributed by atoms with Crippen molar-refractivity contribution in [2.24, 2.45) is 0 Å². The number of rotatable bonds is 5. The van der Waals surface area contributed by atoms with Crippen LogP contribution in [0.3, 0.4) is 0 Å². The van der Waals surface area contributed by atoms with Gasteiger partial charge in [-0.1, -0.05) is 23.4 Å². The summed E-state index contributed by atoms with van der Waals surface area (Å²) in [6.45, 7) is 1.88. The lowest BCUT2D eigenvalue weighted by molar-refractivity contribution is -0.116. The largest absolute Gasteiger partial charge is 0.350 e. The van der Waals surface area contributed by atoms with Crippen LogP contribution in [0.4, 0.5) is 5.69 Å². The Labute approximate surface area is 153 Å². The van der Waals surface area contributed by atoms with Gasteiger partial charge in [0.1, 0.15) is 0 Å². The molecule has 3 heterocycles. The lowest BCUT2D eigenvalue weighted by atomic mass is 10.1. The lowest BCUT2D eigenvalue weighted by Crippen LogP contribution is -2.24. The van der Waals surface area contributed by atoms with E-state index in [1.807, 2.05) is 6.07 Å². The molecule has 0 fully saturated rings. The Morgan fingerprint density at radius 2 is 2.00 bits per heavy atom. The van der Waals surface area contributed by atoms with Crippen LogP contribution >= 0.6 is 0 Å². The number of fused-ring (bicyclic) bond motifs is 1. The van der Waals surface area contributed by atoms with Gasteiger partial charge >= 0.3 is 5.69 Å². The zero-order valence-electron chi connectivity index (χ0n) is 14.5. The van der Waals surface area contributed by atoms with E-state index in [9.17, 15) is 9.59 Å². The number of carbonyl (C=O) groups excluding carboxylic acids is 1. The van der Waals surface area contributed by atoms with E-state index in [1.165, 1.54) is 9.08 Å². The second kappa shape index (κ2) is 6.87. The number of amides is 1. The summed E-state index contributed by atoms with van der Waals surface area (Å²) < 4.78 is 7.72. The Balaban J connectivity index is 1.49. The Hall–Kier alpha value is -3.75. The minimum absolute atomic E-state index is 0.101. The van der Waals surface area contributed by atoms with Gasteiger partial charge in [0, 0.05) is 25.1 Å². The molecule has 9 nitrogen and oxygen atoms in total. The summed E-state index contributed by atoms with van der Waals surface area (Å²) in [4.78, 5) is 28.8. The SMILES string of the molecule is Cc1nc(-c2ccccc2NC(=O)CCn2nc3ccccn3c2=O)no1. The molecule has 9 heteroatoms. The molecule has 0 bridgehead atoms. The third-order valence-electron chi connectivity index (χ3n) is 4.01. The first-order valence-corrected chi connectivity index (χ1v) is 8.35. The van der Waals surface area contributed by atoms with Crippen LogP contribution in [0, 0.1) is 6.92 Å². The van der Waals surface area contributed by atoms with Crippen LogP contribution in [-0.4, -0.2) is 30.2 Å². The van der Waals surface area contributed by atoms with Crippen molar-refractivity contribution < 1.29 is 9.32 Å². The number of aryl methyl sites for hydroxylation is 2. The number of hydrogen-bond donors (Lipinski definition) is 1. The highest BCUT2D eigenvalue weighted by Crippen LogP contribution is 2.25. The van der Waals surface area contributed by atoms with Gasteiger partial charge in [-0.15, -0.1) is 5.10 Å². The number of nitrogens with one attached hydrogen (secondary N) is 1. The van der Waals surface area contributed by atoms with Gasteiger partial charge in [0.2, 0.25) is 17.6 Å². The van der Waals surface area contributed by atoms with Crippen LogP contribution in [0.1, 0.15) is 12.3 Å². The van der Waals surface area contributed by atoms with E-state index < -0.39 is 0 Å². The van der Waals surface area contributed by atoms with Crippen LogP contribution in [0.5, 0.6) is 0 Å². The topological polar surface area (TPSA) is 107 Å². The molecule has 1 N–H and O–H groups in total.